The van der Waals surface area contributed by atoms with Crippen LogP contribution in [0.25, 0.3) is 17.0 Å². The number of benzene rings is 2. The maximum absolute atomic E-state index is 12.7. The van der Waals surface area contributed by atoms with Crippen LogP contribution in [0.15, 0.2) is 54.7 Å². The molecule has 3 unspecified atom stereocenters. The lowest BCUT2D eigenvalue weighted by molar-refractivity contribution is -0.117. The summed E-state index contributed by atoms with van der Waals surface area (Å²) in [7, 11) is 0. The molecule has 5 rings (SSSR count). The zero-order chi connectivity index (χ0) is 21.2. The number of nitrogens with one attached hydrogen (secondary N) is 1. The molecule has 1 fully saturated rings. The van der Waals surface area contributed by atoms with E-state index >= 15 is 0 Å². The van der Waals surface area contributed by atoms with Gasteiger partial charge >= 0.3 is 0 Å². The second-order valence-electron chi connectivity index (χ2n) is 8.37. The van der Waals surface area contributed by atoms with Gasteiger partial charge in [0.05, 0.1) is 24.4 Å². The summed E-state index contributed by atoms with van der Waals surface area (Å²) in [5.74, 6) is 0.935. The molecule has 1 N–H and O–H groups in total. The largest absolute Gasteiger partial charge is 0.493 e. The van der Waals surface area contributed by atoms with Gasteiger partial charge < -0.3 is 14.8 Å². The Morgan fingerprint density at radius 2 is 2.13 bits per heavy atom. The van der Waals surface area contributed by atoms with E-state index in [0.717, 1.165) is 53.6 Å². The molecule has 0 bridgehead atoms. The van der Waals surface area contributed by atoms with Crippen molar-refractivity contribution in [2.24, 2.45) is 5.92 Å². The van der Waals surface area contributed by atoms with E-state index in [2.05, 4.69) is 23.4 Å². The second-order valence-corrected chi connectivity index (χ2v) is 8.37. The maximum atomic E-state index is 12.7. The van der Waals surface area contributed by atoms with Gasteiger partial charge in [-0.15, -0.1) is 0 Å². The van der Waals surface area contributed by atoms with Gasteiger partial charge in [0.15, 0.2) is 6.23 Å². The summed E-state index contributed by atoms with van der Waals surface area (Å²) in [5.41, 5.74) is 3.02. The van der Waals surface area contributed by atoms with Crippen LogP contribution >= 0.6 is 0 Å². The lowest BCUT2D eigenvalue weighted by Gasteiger charge is -2.31. The SMILES string of the molecule is CC1COc2ccccc2C1NC(=O)C=Cc1ccc2cnn(C3CCCCO3)c2c1. The van der Waals surface area contributed by atoms with Crippen molar-refractivity contribution < 1.29 is 14.3 Å². The standard InChI is InChI=1S/C25H27N3O3/c1-17-16-31-22-7-3-2-6-20(22)25(17)27-23(29)12-10-18-9-11-19-15-26-28(21(19)14-18)24-8-4-5-13-30-24/h2-3,6-7,9-12,14-15,17,24-25H,4-5,8,13,16H2,1H3,(H,27,29). The Bertz CT molecular complexity index is 1110. The number of amides is 1. The van der Waals surface area contributed by atoms with E-state index in [4.69, 9.17) is 9.47 Å². The van der Waals surface area contributed by atoms with Gasteiger partial charge in [-0.1, -0.05) is 37.3 Å². The van der Waals surface area contributed by atoms with Crippen molar-refractivity contribution in [1.82, 2.24) is 15.1 Å². The summed E-state index contributed by atoms with van der Waals surface area (Å²) in [6.07, 6.45) is 8.55. The lowest BCUT2D eigenvalue weighted by atomic mass is 9.92. The van der Waals surface area contributed by atoms with Gasteiger partial charge in [-0.05, 0) is 43.0 Å². The highest BCUT2D eigenvalue weighted by atomic mass is 16.5. The van der Waals surface area contributed by atoms with Gasteiger partial charge in [-0.2, -0.15) is 5.10 Å². The Kier molecular flexibility index (Phi) is 5.47. The quantitative estimate of drug-likeness (QED) is 0.629. The van der Waals surface area contributed by atoms with Crippen molar-refractivity contribution in [3.63, 3.8) is 0 Å². The minimum Gasteiger partial charge on any atom is -0.493 e. The van der Waals surface area contributed by atoms with E-state index in [0.29, 0.717) is 6.61 Å². The number of aromatic nitrogens is 2. The first kappa shape index (κ1) is 19.8. The number of rotatable bonds is 4. The van der Waals surface area contributed by atoms with E-state index in [-0.39, 0.29) is 24.1 Å². The van der Waals surface area contributed by atoms with Crippen molar-refractivity contribution in [3.05, 3.63) is 65.9 Å². The van der Waals surface area contributed by atoms with Crippen LogP contribution in [0, 0.1) is 5.92 Å². The summed E-state index contributed by atoms with van der Waals surface area (Å²) in [6.45, 7) is 3.46. The first-order chi connectivity index (χ1) is 15.2. The molecule has 31 heavy (non-hydrogen) atoms. The van der Waals surface area contributed by atoms with Crippen LogP contribution in [-0.2, 0) is 9.53 Å². The lowest BCUT2D eigenvalue weighted by Crippen LogP contribution is -2.36. The van der Waals surface area contributed by atoms with Crippen LogP contribution < -0.4 is 10.1 Å². The van der Waals surface area contributed by atoms with Gasteiger partial charge in [0.2, 0.25) is 5.91 Å². The van der Waals surface area contributed by atoms with Gasteiger partial charge in [-0.25, -0.2) is 4.68 Å². The molecule has 0 saturated carbocycles. The molecule has 1 saturated heterocycles. The maximum Gasteiger partial charge on any atom is 0.244 e. The summed E-state index contributed by atoms with van der Waals surface area (Å²) in [6, 6.07) is 13.9. The molecule has 2 aliphatic rings. The van der Waals surface area contributed by atoms with Crippen molar-refractivity contribution in [3.8, 4) is 5.75 Å². The smallest absolute Gasteiger partial charge is 0.244 e. The molecule has 0 radical (unpaired) electrons. The number of hydrogen-bond donors (Lipinski definition) is 1. The van der Waals surface area contributed by atoms with Crippen molar-refractivity contribution in [2.45, 2.75) is 38.5 Å². The molecule has 1 amide bonds. The fraction of sp³-hybridized carbons (Fsp3) is 0.360. The Balaban J connectivity index is 1.32. The normalized spacial score (nSPS) is 23.5. The molecule has 0 aliphatic carbocycles. The third-order valence-corrected chi connectivity index (χ3v) is 6.10. The molecule has 3 aromatic rings. The summed E-state index contributed by atoms with van der Waals surface area (Å²) < 4.78 is 13.6. The van der Waals surface area contributed by atoms with Crippen molar-refractivity contribution in [2.75, 3.05) is 13.2 Å². The number of hydrogen-bond acceptors (Lipinski definition) is 4. The summed E-state index contributed by atoms with van der Waals surface area (Å²) in [5, 5.41) is 8.76. The van der Waals surface area contributed by atoms with Crippen LogP contribution in [0.3, 0.4) is 0 Å². The molecule has 3 heterocycles. The molecule has 3 atom stereocenters. The topological polar surface area (TPSA) is 65.4 Å². The molecular weight excluding hydrogens is 390 g/mol. The van der Waals surface area contributed by atoms with Gasteiger partial charge in [0.1, 0.15) is 5.75 Å². The van der Waals surface area contributed by atoms with Crippen LogP contribution in [-0.4, -0.2) is 28.9 Å². The number of fused-ring (bicyclic) bond motifs is 2. The molecule has 2 aromatic carbocycles. The van der Waals surface area contributed by atoms with Crippen LogP contribution in [0.5, 0.6) is 5.75 Å². The van der Waals surface area contributed by atoms with Gasteiger partial charge in [-0.3, -0.25) is 4.79 Å². The highest BCUT2D eigenvalue weighted by Gasteiger charge is 2.28. The third-order valence-electron chi connectivity index (χ3n) is 6.10. The van der Waals surface area contributed by atoms with E-state index < -0.39 is 0 Å². The summed E-state index contributed by atoms with van der Waals surface area (Å²) >= 11 is 0. The Morgan fingerprint density at radius 3 is 3.00 bits per heavy atom. The summed E-state index contributed by atoms with van der Waals surface area (Å²) in [4.78, 5) is 12.7. The molecule has 160 valence electrons. The number of nitrogens with zero attached hydrogens (tertiary/aromatic N) is 2. The highest BCUT2D eigenvalue weighted by molar-refractivity contribution is 5.93. The molecule has 2 aliphatic heterocycles. The first-order valence-electron chi connectivity index (χ1n) is 11.0. The molecular formula is C25H27N3O3. The van der Waals surface area contributed by atoms with Crippen LogP contribution in [0.2, 0.25) is 0 Å². The number of ether oxygens (including phenoxy) is 2. The Labute approximate surface area is 181 Å². The minimum atomic E-state index is -0.113. The van der Waals surface area contributed by atoms with E-state index in [1.54, 1.807) is 6.08 Å². The fourth-order valence-corrected chi connectivity index (χ4v) is 4.39. The minimum absolute atomic E-state index is 0.0103. The predicted octanol–water partition coefficient (Wildman–Crippen LogP) is 4.63. The first-order valence-corrected chi connectivity index (χ1v) is 11.0. The van der Waals surface area contributed by atoms with E-state index in [1.807, 2.05) is 53.4 Å². The molecule has 0 spiro atoms. The predicted molar refractivity (Wildman–Crippen MR) is 120 cm³/mol. The van der Waals surface area contributed by atoms with Crippen molar-refractivity contribution >= 4 is 22.9 Å². The number of carbonyl (C=O) groups excluding carboxylic acids is 1. The third kappa shape index (κ3) is 4.08. The van der Waals surface area contributed by atoms with E-state index in [9.17, 15) is 4.79 Å². The molecule has 6 nitrogen and oxygen atoms in total. The fourth-order valence-electron chi connectivity index (χ4n) is 4.39. The average Bonchev–Trinajstić information content (AvgIpc) is 3.23. The zero-order valence-corrected chi connectivity index (χ0v) is 17.7. The van der Waals surface area contributed by atoms with Gasteiger partial charge in [0, 0.05) is 29.6 Å². The molecule has 1 aromatic heterocycles. The van der Waals surface area contributed by atoms with Gasteiger partial charge in [0.25, 0.3) is 0 Å². The van der Waals surface area contributed by atoms with Crippen molar-refractivity contribution in [1.29, 1.82) is 0 Å². The molecule has 6 heteroatoms. The number of para-hydroxylation sites is 1. The van der Waals surface area contributed by atoms with Crippen LogP contribution in [0.1, 0.15) is 49.6 Å². The average molecular weight is 418 g/mol. The zero-order valence-electron chi connectivity index (χ0n) is 17.7. The number of carbonyl (C=O) groups is 1. The van der Waals surface area contributed by atoms with Crippen LogP contribution in [0.4, 0.5) is 0 Å². The van der Waals surface area contributed by atoms with E-state index in [1.165, 1.54) is 0 Å². The monoisotopic (exact) mass is 417 g/mol. The Hall–Kier alpha value is -3.12. The second kappa shape index (κ2) is 8.55. The Morgan fingerprint density at radius 1 is 1.23 bits per heavy atom. The highest BCUT2D eigenvalue weighted by Crippen LogP contribution is 2.35.